The van der Waals surface area contributed by atoms with E-state index < -0.39 is 0 Å². The Morgan fingerprint density at radius 3 is 1.92 bits per heavy atom. The van der Waals surface area contributed by atoms with E-state index in [2.05, 4.69) is 81.4 Å². The third kappa shape index (κ3) is 4.54. The summed E-state index contributed by atoms with van der Waals surface area (Å²) in [6, 6.07) is 27.6. The van der Waals surface area contributed by atoms with Crippen LogP contribution in [0, 0.1) is 5.92 Å². The summed E-state index contributed by atoms with van der Waals surface area (Å²) in [5, 5.41) is 0. The summed E-state index contributed by atoms with van der Waals surface area (Å²) < 4.78 is 5.96. The van der Waals surface area contributed by atoms with Crippen molar-refractivity contribution in [2.75, 3.05) is 0 Å². The molecular formula is C25H28O. The zero-order valence-electron chi connectivity index (χ0n) is 16.0. The minimum absolute atomic E-state index is 0.601. The predicted molar refractivity (Wildman–Crippen MR) is 111 cm³/mol. The van der Waals surface area contributed by atoms with E-state index in [4.69, 9.17) is 4.74 Å². The van der Waals surface area contributed by atoms with Crippen molar-refractivity contribution < 1.29 is 4.74 Å². The number of hydrogen-bond acceptors (Lipinski definition) is 1. The molecular weight excluding hydrogens is 316 g/mol. The fraction of sp³-hybridized carbons (Fsp3) is 0.280. The maximum atomic E-state index is 5.96. The zero-order chi connectivity index (χ0) is 18.4. The van der Waals surface area contributed by atoms with Crippen molar-refractivity contribution in [3.05, 3.63) is 90.0 Å². The van der Waals surface area contributed by atoms with Crippen molar-refractivity contribution in [1.29, 1.82) is 0 Å². The average molecular weight is 344 g/mol. The lowest BCUT2D eigenvalue weighted by atomic mass is 9.86. The van der Waals surface area contributed by atoms with Gasteiger partial charge in [-0.3, -0.25) is 0 Å². The normalized spacial score (nSPS) is 12.2. The third-order valence-corrected chi connectivity index (χ3v) is 5.02. The Morgan fingerprint density at radius 1 is 0.731 bits per heavy atom. The van der Waals surface area contributed by atoms with Crippen LogP contribution in [0.15, 0.2) is 78.9 Å². The van der Waals surface area contributed by atoms with Gasteiger partial charge in [0, 0.05) is 0 Å². The lowest BCUT2D eigenvalue weighted by Gasteiger charge is -2.19. The highest BCUT2D eigenvalue weighted by atomic mass is 16.5. The van der Waals surface area contributed by atoms with E-state index >= 15 is 0 Å². The standard InChI is InChI=1S/C25H28O/c1-4-25(19(2)3)23-12-10-20(11-13-23)18-26-24-16-14-22(15-17-24)21-8-6-5-7-9-21/h5-17,19,25H,4,18H2,1-3H3. The Balaban J connectivity index is 1.60. The monoisotopic (exact) mass is 344 g/mol. The lowest BCUT2D eigenvalue weighted by molar-refractivity contribution is 0.306. The van der Waals surface area contributed by atoms with Gasteiger partial charge in [0.05, 0.1) is 0 Å². The molecule has 0 fully saturated rings. The molecule has 1 heteroatoms. The molecule has 0 saturated heterocycles. The van der Waals surface area contributed by atoms with Crippen LogP contribution in [0.25, 0.3) is 11.1 Å². The third-order valence-electron chi connectivity index (χ3n) is 5.02. The van der Waals surface area contributed by atoms with E-state index in [0.29, 0.717) is 18.4 Å². The van der Waals surface area contributed by atoms with Gasteiger partial charge in [-0.15, -0.1) is 0 Å². The zero-order valence-corrected chi connectivity index (χ0v) is 16.0. The Labute approximate surface area is 157 Å². The van der Waals surface area contributed by atoms with Crippen molar-refractivity contribution in [3.8, 4) is 16.9 Å². The van der Waals surface area contributed by atoms with Gasteiger partial charge < -0.3 is 4.74 Å². The molecule has 0 aliphatic carbocycles. The molecule has 0 N–H and O–H groups in total. The van der Waals surface area contributed by atoms with Gasteiger partial charge in [0.25, 0.3) is 0 Å². The molecule has 1 unspecified atom stereocenters. The second-order valence-electron chi connectivity index (χ2n) is 7.18. The van der Waals surface area contributed by atoms with Crippen LogP contribution >= 0.6 is 0 Å². The second-order valence-corrected chi connectivity index (χ2v) is 7.18. The molecule has 0 aliphatic rings. The fourth-order valence-corrected chi connectivity index (χ4v) is 3.49. The van der Waals surface area contributed by atoms with E-state index in [9.17, 15) is 0 Å². The maximum absolute atomic E-state index is 5.96. The first kappa shape index (κ1) is 18.3. The molecule has 0 radical (unpaired) electrons. The summed E-state index contributed by atoms with van der Waals surface area (Å²) in [5.74, 6) is 2.21. The minimum Gasteiger partial charge on any atom is -0.489 e. The molecule has 1 nitrogen and oxygen atoms in total. The van der Waals surface area contributed by atoms with E-state index in [-0.39, 0.29) is 0 Å². The van der Waals surface area contributed by atoms with Gasteiger partial charge in [0.2, 0.25) is 0 Å². The predicted octanol–water partition coefficient (Wildman–Crippen LogP) is 7.08. The smallest absolute Gasteiger partial charge is 0.119 e. The summed E-state index contributed by atoms with van der Waals surface area (Å²) in [5.41, 5.74) is 5.07. The largest absolute Gasteiger partial charge is 0.489 e. The summed E-state index contributed by atoms with van der Waals surface area (Å²) in [6.07, 6.45) is 1.18. The number of rotatable bonds is 7. The summed E-state index contributed by atoms with van der Waals surface area (Å²) >= 11 is 0. The summed E-state index contributed by atoms with van der Waals surface area (Å²) in [6.45, 7) is 7.46. The quantitative estimate of drug-likeness (QED) is 0.445. The minimum atomic E-state index is 0.601. The van der Waals surface area contributed by atoms with Gasteiger partial charge in [-0.05, 0) is 52.6 Å². The van der Waals surface area contributed by atoms with Crippen LogP contribution in [0.3, 0.4) is 0 Å². The molecule has 0 aliphatic heterocycles. The van der Waals surface area contributed by atoms with E-state index in [1.165, 1.54) is 28.7 Å². The van der Waals surface area contributed by atoms with Crippen LogP contribution in [0.5, 0.6) is 5.75 Å². The fourth-order valence-electron chi connectivity index (χ4n) is 3.49. The van der Waals surface area contributed by atoms with Gasteiger partial charge >= 0.3 is 0 Å². The van der Waals surface area contributed by atoms with E-state index in [0.717, 1.165) is 5.75 Å². The van der Waals surface area contributed by atoms with Crippen molar-refractivity contribution in [2.24, 2.45) is 5.92 Å². The highest BCUT2D eigenvalue weighted by molar-refractivity contribution is 5.63. The van der Waals surface area contributed by atoms with Gasteiger partial charge in [-0.2, -0.15) is 0 Å². The molecule has 134 valence electrons. The first-order valence-electron chi connectivity index (χ1n) is 9.54. The molecule has 3 aromatic carbocycles. The molecule has 26 heavy (non-hydrogen) atoms. The maximum Gasteiger partial charge on any atom is 0.119 e. The van der Waals surface area contributed by atoms with Gasteiger partial charge in [0.15, 0.2) is 0 Å². The molecule has 0 amide bonds. The van der Waals surface area contributed by atoms with Crippen molar-refractivity contribution in [1.82, 2.24) is 0 Å². The first-order valence-corrected chi connectivity index (χ1v) is 9.54. The highest BCUT2D eigenvalue weighted by Gasteiger charge is 2.13. The van der Waals surface area contributed by atoms with Gasteiger partial charge in [-0.25, -0.2) is 0 Å². The number of hydrogen-bond donors (Lipinski definition) is 0. The van der Waals surface area contributed by atoms with E-state index in [1.807, 2.05) is 18.2 Å². The van der Waals surface area contributed by atoms with Gasteiger partial charge in [-0.1, -0.05) is 87.5 Å². The highest BCUT2D eigenvalue weighted by Crippen LogP contribution is 2.28. The number of ether oxygens (including phenoxy) is 1. The topological polar surface area (TPSA) is 9.23 Å². The first-order chi connectivity index (χ1) is 12.7. The van der Waals surface area contributed by atoms with Crippen LogP contribution in [-0.4, -0.2) is 0 Å². The molecule has 3 rings (SSSR count). The number of benzene rings is 3. The van der Waals surface area contributed by atoms with Crippen LogP contribution in [0.1, 0.15) is 44.2 Å². The molecule has 3 aromatic rings. The molecule has 0 bridgehead atoms. The Morgan fingerprint density at radius 2 is 1.35 bits per heavy atom. The van der Waals surface area contributed by atoms with Crippen molar-refractivity contribution in [2.45, 2.75) is 39.7 Å². The van der Waals surface area contributed by atoms with Crippen molar-refractivity contribution in [3.63, 3.8) is 0 Å². The Kier molecular flexibility index (Phi) is 6.12. The van der Waals surface area contributed by atoms with Crippen LogP contribution in [0.2, 0.25) is 0 Å². The SMILES string of the molecule is CCC(c1ccc(COc2ccc(-c3ccccc3)cc2)cc1)C(C)C. The van der Waals surface area contributed by atoms with Crippen molar-refractivity contribution >= 4 is 0 Å². The van der Waals surface area contributed by atoms with Crippen LogP contribution in [0.4, 0.5) is 0 Å². The molecule has 0 spiro atoms. The molecule has 0 aromatic heterocycles. The second kappa shape index (κ2) is 8.71. The summed E-state index contributed by atoms with van der Waals surface area (Å²) in [4.78, 5) is 0. The molecule has 0 saturated carbocycles. The average Bonchev–Trinajstić information content (AvgIpc) is 2.69. The molecule has 0 heterocycles. The Bertz CT molecular complexity index is 786. The van der Waals surface area contributed by atoms with Crippen LogP contribution < -0.4 is 4.74 Å². The van der Waals surface area contributed by atoms with Crippen LogP contribution in [-0.2, 0) is 6.61 Å². The Hall–Kier alpha value is -2.54. The lowest BCUT2D eigenvalue weighted by Crippen LogP contribution is -2.05. The summed E-state index contributed by atoms with van der Waals surface area (Å²) in [7, 11) is 0. The van der Waals surface area contributed by atoms with Gasteiger partial charge in [0.1, 0.15) is 12.4 Å². The molecule has 1 atom stereocenters. The van der Waals surface area contributed by atoms with E-state index in [1.54, 1.807) is 0 Å².